The SMILES string of the molecule is COc1ccc(/C=N/c2ccc(Nc3ccccc3)cc2)c2ccccc12. The fourth-order valence-electron chi connectivity index (χ4n) is 3.05. The minimum Gasteiger partial charge on any atom is -0.496 e. The molecule has 0 spiro atoms. The van der Waals surface area contributed by atoms with Gasteiger partial charge in [0.2, 0.25) is 0 Å². The Balaban J connectivity index is 1.56. The molecule has 3 heteroatoms. The Morgan fingerprint density at radius 3 is 2.11 bits per heavy atom. The Morgan fingerprint density at radius 2 is 1.37 bits per heavy atom. The molecule has 0 aliphatic heterocycles. The van der Waals surface area contributed by atoms with Crippen LogP contribution in [0.15, 0.2) is 96.0 Å². The topological polar surface area (TPSA) is 33.6 Å². The van der Waals surface area contributed by atoms with E-state index in [2.05, 4.69) is 22.4 Å². The van der Waals surface area contributed by atoms with Crippen molar-refractivity contribution < 1.29 is 4.74 Å². The maximum Gasteiger partial charge on any atom is 0.126 e. The molecule has 0 aliphatic rings. The van der Waals surface area contributed by atoms with Crippen molar-refractivity contribution in [2.75, 3.05) is 12.4 Å². The van der Waals surface area contributed by atoms with Gasteiger partial charge in [0.1, 0.15) is 5.75 Å². The molecule has 0 heterocycles. The number of fused-ring (bicyclic) bond motifs is 1. The highest BCUT2D eigenvalue weighted by molar-refractivity contribution is 6.02. The van der Waals surface area contributed by atoms with E-state index in [-0.39, 0.29) is 0 Å². The van der Waals surface area contributed by atoms with Gasteiger partial charge >= 0.3 is 0 Å². The summed E-state index contributed by atoms with van der Waals surface area (Å²) in [6, 6.07) is 30.4. The third-order valence-electron chi connectivity index (χ3n) is 4.42. The van der Waals surface area contributed by atoms with Crippen molar-refractivity contribution in [1.29, 1.82) is 0 Å². The lowest BCUT2D eigenvalue weighted by molar-refractivity contribution is 0.420. The molecule has 0 radical (unpaired) electrons. The van der Waals surface area contributed by atoms with Crippen LogP contribution in [-0.2, 0) is 0 Å². The second kappa shape index (κ2) is 7.75. The molecule has 0 saturated carbocycles. The zero-order valence-corrected chi connectivity index (χ0v) is 15.1. The Bertz CT molecular complexity index is 1070. The number of nitrogens with one attached hydrogen (secondary N) is 1. The van der Waals surface area contributed by atoms with Crippen molar-refractivity contribution in [2.24, 2.45) is 4.99 Å². The summed E-state index contributed by atoms with van der Waals surface area (Å²) in [4.78, 5) is 4.64. The number of anilines is 2. The zero-order valence-electron chi connectivity index (χ0n) is 15.1. The van der Waals surface area contributed by atoms with Crippen molar-refractivity contribution in [2.45, 2.75) is 0 Å². The lowest BCUT2D eigenvalue weighted by atomic mass is 10.0. The monoisotopic (exact) mass is 352 g/mol. The van der Waals surface area contributed by atoms with Crippen molar-refractivity contribution >= 4 is 34.0 Å². The highest BCUT2D eigenvalue weighted by Crippen LogP contribution is 2.28. The van der Waals surface area contributed by atoms with Gasteiger partial charge in [0.05, 0.1) is 12.8 Å². The van der Waals surface area contributed by atoms with Gasteiger partial charge in [0.15, 0.2) is 0 Å². The maximum absolute atomic E-state index is 5.46. The van der Waals surface area contributed by atoms with Crippen LogP contribution in [0.3, 0.4) is 0 Å². The van der Waals surface area contributed by atoms with Gasteiger partial charge in [-0.15, -0.1) is 0 Å². The number of ether oxygens (including phenoxy) is 1. The standard InChI is InChI=1S/C24H20N2O/c1-27-24-16-11-18(22-9-5-6-10-23(22)24)17-25-19-12-14-21(15-13-19)26-20-7-3-2-4-8-20/h2-17,26H,1H3/b25-17+. The molecule has 0 amide bonds. The van der Waals surface area contributed by atoms with Crippen LogP contribution < -0.4 is 10.1 Å². The first-order chi connectivity index (χ1) is 13.3. The number of nitrogens with zero attached hydrogens (tertiary/aromatic N) is 1. The quantitative estimate of drug-likeness (QED) is 0.425. The molecule has 4 aromatic carbocycles. The molecule has 0 aliphatic carbocycles. The summed E-state index contributed by atoms with van der Waals surface area (Å²) in [6.45, 7) is 0. The van der Waals surface area contributed by atoms with Crippen molar-refractivity contribution in [3.8, 4) is 5.75 Å². The van der Waals surface area contributed by atoms with E-state index in [1.54, 1.807) is 7.11 Å². The Labute approximate surface area is 159 Å². The number of methoxy groups -OCH3 is 1. The van der Waals surface area contributed by atoms with E-state index in [1.165, 1.54) is 0 Å². The normalized spacial score (nSPS) is 11.0. The summed E-state index contributed by atoms with van der Waals surface area (Å²) in [6.07, 6.45) is 1.90. The van der Waals surface area contributed by atoms with Gasteiger partial charge in [-0.1, -0.05) is 42.5 Å². The first-order valence-corrected chi connectivity index (χ1v) is 8.85. The largest absolute Gasteiger partial charge is 0.496 e. The summed E-state index contributed by atoms with van der Waals surface area (Å²) < 4.78 is 5.46. The summed E-state index contributed by atoms with van der Waals surface area (Å²) in [7, 11) is 1.70. The number of para-hydroxylation sites is 1. The summed E-state index contributed by atoms with van der Waals surface area (Å²) in [5, 5.41) is 5.59. The second-order valence-corrected chi connectivity index (χ2v) is 6.20. The fourth-order valence-corrected chi connectivity index (χ4v) is 3.05. The highest BCUT2D eigenvalue weighted by Gasteiger charge is 2.04. The molecule has 1 N–H and O–H groups in total. The summed E-state index contributed by atoms with van der Waals surface area (Å²) in [5.74, 6) is 0.874. The number of benzene rings is 4. The van der Waals surface area contributed by atoms with Gasteiger partial charge in [-0.05, 0) is 53.9 Å². The Kier molecular flexibility index (Phi) is 4.84. The van der Waals surface area contributed by atoms with Gasteiger partial charge in [-0.25, -0.2) is 0 Å². The second-order valence-electron chi connectivity index (χ2n) is 6.20. The van der Waals surface area contributed by atoms with Crippen LogP contribution in [0.2, 0.25) is 0 Å². The van der Waals surface area contributed by atoms with Crippen LogP contribution >= 0.6 is 0 Å². The third kappa shape index (κ3) is 3.82. The first kappa shape index (κ1) is 16.9. The van der Waals surface area contributed by atoms with Gasteiger partial charge < -0.3 is 10.1 Å². The van der Waals surface area contributed by atoms with Gasteiger partial charge in [-0.2, -0.15) is 0 Å². The molecule has 27 heavy (non-hydrogen) atoms. The molecule has 0 saturated heterocycles. The van der Waals surface area contributed by atoms with Crippen LogP contribution in [-0.4, -0.2) is 13.3 Å². The zero-order chi connectivity index (χ0) is 18.5. The predicted octanol–water partition coefficient (Wildman–Crippen LogP) is 6.34. The van der Waals surface area contributed by atoms with Gasteiger partial charge in [0.25, 0.3) is 0 Å². The minimum atomic E-state index is 0.874. The molecule has 3 nitrogen and oxygen atoms in total. The smallest absolute Gasteiger partial charge is 0.126 e. The fraction of sp³-hybridized carbons (Fsp3) is 0.0417. The number of hydrogen-bond donors (Lipinski definition) is 1. The molecule has 4 rings (SSSR count). The van der Waals surface area contributed by atoms with Crippen LogP contribution in [0.25, 0.3) is 10.8 Å². The highest BCUT2D eigenvalue weighted by atomic mass is 16.5. The molecule has 0 fully saturated rings. The van der Waals surface area contributed by atoms with Gasteiger partial charge in [-0.3, -0.25) is 4.99 Å². The van der Waals surface area contributed by atoms with Crippen molar-refractivity contribution in [3.05, 3.63) is 96.6 Å². The molecule has 4 aromatic rings. The number of rotatable bonds is 5. The molecule has 0 atom stereocenters. The van der Waals surface area contributed by atoms with Crippen LogP contribution in [0, 0.1) is 0 Å². The van der Waals surface area contributed by atoms with Crippen LogP contribution in [0.1, 0.15) is 5.56 Å². The van der Waals surface area contributed by atoms with E-state index >= 15 is 0 Å². The lowest BCUT2D eigenvalue weighted by Crippen LogP contribution is -1.90. The average molecular weight is 352 g/mol. The average Bonchev–Trinajstić information content (AvgIpc) is 2.74. The van der Waals surface area contributed by atoms with Gasteiger partial charge in [0, 0.05) is 28.5 Å². The molecule has 0 aromatic heterocycles. The summed E-state index contributed by atoms with van der Waals surface area (Å²) in [5.41, 5.74) is 4.08. The van der Waals surface area contributed by atoms with E-state index in [9.17, 15) is 0 Å². The number of aliphatic imine (C=N–C) groups is 1. The molecular formula is C24H20N2O. The van der Waals surface area contributed by atoms with E-state index in [1.807, 2.05) is 85.1 Å². The molecule has 0 bridgehead atoms. The van der Waals surface area contributed by atoms with Crippen LogP contribution in [0.5, 0.6) is 5.75 Å². The van der Waals surface area contributed by atoms with E-state index in [0.717, 1.165) is 39.1 Å². The van der Waals surface area contributed by atoms with Crippen molar-refractivity contribution in [3.63, 3.8) is 0 Å². The third-order valence-corrected chi connectivity index (χ3v) is 4.42. The van der Waals surface area contributed by atoms with E-state index < -0.39 is 0 Å². The molecule has 132 valence electrons. The van der Waals surface area contributed by atoms with E-state index in [0.29, 0.717) is 0 Å². The molecule has 0 unspecified atom stereocenters. The minimum absolute atomic E-state index is 0.874. The first-order valence-electron chi connectivity index (χ1n) is 8.85. The van der Waals surface area contributed by atoms with Crippen molar-refractivity contribution in [1.82, 2.24) is 0 Å². The number of hydrogen-bond acceptors (Lipinski definition) is 3. The van der Waals surface area contributed by atoms with Crippen LogP contribution in [0.4, 0.5) is 17.1 Å². The maximum atomic E-state index is 5.46. The lowest BCUT2D eigenvalue weighted by Gasteiger charge is -2.08. The van der Waals surface area contributed by atoms with E-state index in [4.69, 9.17) is 4.74 Å². The predicted molar refractivity (Wildman–Crippen MR) is 114 cm³/mol. The molecular weight excluding hydrogens is 332 g/mol. The Hall–Kier alpha value is -3.59. The Morgan fingerprint density at radius 1 is 0.704 bits per heavy atom. The summed E-state index contributed by atoms with van der Waals surface area (Å²) >= 11 is 0.